The van der Waals surface area contributed by atoms with E-state index < -0.39 is 0 Å². The minimum atomic E-state index is 0.406. The van der Waals surface area contributed by atoms with Gasteiger partial charge in [-0.3, -0.25) is 0 Å². The zero-order valence-corrected chi connectivity index (χ0v) is 11.1. The molecular weight excluding hydrogens is 262 g/mol. The van der Waals surface area contributed by atoms with Gasteiger partial charge >= 0.3 is 0 Å². The van der Waals surface area contributed by atoms with Crippen molar-refractivity contribution in [2.45, 2.75) is 6.61 Å². The molecule has 4 heteroatoms. The number of hydrogen-bond donors (Lipinski definition) is 0. The Morgan fingerprint density at radius 1 is 1.16 bits per heavy atom. The van der Waals surface area contributed by atoms with Crippen LogP contribution in [0.3, 0.4) is 0 Å². The van der Waals surface area contributed by atoms with Gasteiger partial charge in [-0.05, 0) is 42.0 Å². The highest BCUT2D eigenvalue weighted by Gasteiger charge is 2.04. The maximum atomic E-state index is 8.90. The predicted octanol–water partition coefficient (Wildman–Crippen LogP) is 3.80. The Kier molecular flexibility index (Phi) is 4.27. The number of ether oxygens (including phenoxy) is 2. The first kappa shape index (κ1) is 13.3. The molecule has 2 rings (SSSR count). The first-order valence-corrected chi connectivity index (χ1v) is 6.06. The molecule has 0 atom stereocenters. The van der Waals surface area contributed by atoms with E-state index in [0.717, 1.165) is 11.3 Å². The van der Waals surface area contributed by atoms with Gasteiger partial charge in [-0.25, -0.2) is 0 Å². The molecule has 0 aromatic heterocycles. The molecule has 2 aromatic rings. The monoisotopic (exact) mass is 273 g/mol. The number of benzene rings is 2. The summed E-state index contributed by atoms with van der Waals surface area (Å²) in [6.07, 6.45) is 0. The molecule has 0 unspecified atom stereocenters. The Morgan fingerprint density at radius 2 is 1.89 bits per heavy atom. The average Bonchev–Trinajstić information content (AvgIpc) is 2.46. The molecule has 96 valence electrons. The molecule has 2 aromatic carbocycles. The summed E-state index contributed by atoms with van der Waals surface area (Å²) >= 11 is 5.80. The van der Waals surface area contributed by atoms with Crippen LogP contribution in [0.2, 0.25) is 5.02 Å². The van der Waals surface area contributed by atoms with E-state index in [-0.39, 0.29) is 0 Å². The SMILES string of the molecule is COc1cc(COc2ccc(Cl)cc2)ccc1C#N. The average molecular weight is 274 g/mol. The third-order valence-electron chi connectivity index (χ3n) is 2.61. The minimum absolute atomic E-state index is 0.406. The summed E-state index contributed by atoms with van der Waals surface area (Å²) in [5.41, 5.74) is 1.45. The van der Waals surface area contributed by atoms with Crippen LogP contribution in [-0.2, 0) is 6.61 Å². The van der Waals surface area contributed by atoms with E-state index in [1.54, 1.807) is 31.4 Å². The van der Waals surface area contributed by atoms with Gasteiger partial charge in [0.2, 0.25) is 0 Å². The third kappa shape index (κ3) is 3.40. The van der Waals surface area contributed by atoms with Gasteiger partial charge in [-0.1, -0.05) is 17.7 Å². The number of nitriles is 1. The van der Waals surface area contributed by atoms with Crippen molar-refractivity contribution in [1.29, 1.82) is 5.26 Å². The molecule has 0 saturated heterocycles. The second-order valence-corrected chi connectivity index (χ2v) is 4.33. The number of rotatable bonds is 4. The highest BCUT2D eigenvalue weighted by atomic mass is 35.5. The summed E-state index contributed by atoms with van der Waals surface area (Å²) in [5.74, 6) is 1.30. The van der Waals surface area contributed by atoms with Gasteiger partial charge in [0.25, 0.3) is 0 Å². The normalized spacial score (nSPS) is 9.74. The number of halogens is 1. The van der Waals surface area contributed by atoms with Crippen molar-refractivity contribution in [1.82, 2.24) is 0 Å². The van der Waals surface area contributed by atoms with Crippen LogP contribution in [0.4, 0.5) is 0 Å². The lowest BCUT2D eigenvalue weighted by Crippen LogP contribution is -1.97. The molecule has 0 heterocycles. The molecule has 0 N–H and O–H groups in total. The van der Waals surface area contributed by atoms with E-state index in [1.807, 2.05) is 18.2 Å². The summed E-state index contributed by atoms with van der Waals surface area (Å²) < 4.78 is 10.8. The van der Waals surface area contributed by atoms with Gasteiger partial charge < -0.3 is 9.47 Å². The van der Waals surface area contributed by atoms with E-state index >= 15 is 0 Å². The summed E-state index contributed by atoms with van der Waals surface area (Å²) in [5, 5.41) is 9.57. The maximum absolute atomic E-state index is 8.90. The molecule has 0 aliphatic carbocycles. The summed E-state index contributed by atoms with van der Waals surface area (Å²) in [6, 6.07) is 14.6. The van der Waals surface area contributed by atoms with Gasteiger partial charge in [0.1, 0.15) is 24.2 Å². The minimum Gasteiger partial charge on any atom is -0.495 e. The Hall–Kier alpha value is -2.18. The number of hydrogen-bond acceptors (Lipinski definition) is 3. The number of methoxy groups -OCH3 is 1. The molecule has 0 saturated carbocycles. The second kappa shape index (κ2) is 6.12. The highest BCUT2D eigenvalue weighted by molar-refractivity contribution is 6.30. The fourth-order valence-electron chi connectivity index (χ4n) is 1.62. The van der Waals surface area contributed by atoms with Crippen molar-refractivity contribution in [3.05, 3.63) is 58.6 Å². The van der Waals surface area contributed by atoms with Crippen LogP contribution < -0.4 is 9.47 Å². The second-order valence-electron chi connectivity index (χ2n) is 3.89. The summed E-state index contributed by atoms with van der Waals surface area (Å²) in [7, 11) is 1.54. The van der Waals surface area contributed by atoms with E-state index in [0.29, 0.717) is 22.9 Å². The molecule has 0 aliphatic rings. The maximum Gasteiger partial charge on any atom is 0.137 e. The van der Waals surface area contributed by atoms with Gasteiger partial charge in [0, 0.05) is 5.02 Å². The van der Waals surface area contributed by atoms with Crippen molar-refractivity contribution in [3.8, 4) is 17.6 Å². The lowest BCUT2D eigenvalue weighted by Gasteiger charge is -2.08. The van der Waals surface area contributed by atoms with Gasteiger partial charge in [-0.15, -0.1) is 0 Å². The lowest BCUT2D eigenvalue weighted by atomic mass is 10.1. The van der Waals surface area contributed by atoms with Crippen LogP contribution in [-0.4, -0.2) is 7.11 Å². The molecular formula is C15H12ClNO2. The molecule has 0 fully saturated rings. The highest BCUT2D eigenvalue weighted by Crippen LogP contribution is 2.21. The topological polar surface area (TPSA) is 42.2 Å². The quantitative estimate of drug-likeness (QED) is 0.851. The van der Waals surface area contributed by atoms with Gasteiger partial charge in [-0.2, -0.15) is 5.26 Å². The first-order valence-electron chi connectivity index (χ1n) is 5.68. The Labute approximate surface area is 117 Å². The molecule has 0 radical (unpaired) electrons. The first-order chi connectivity index (χ1) is 9.22. The van der Waals surface area contributed by atoms with Crippen LogP contribution in [0, 0.1) is 11.3 Å². The standard InChI is InChI=1S/C15H12ClNO2/c1-18-15-8-11(2-3-12(15)9-17)10-19-14-6-4-13(16)5-7-14/h2-8H,10H2,1H3. The van der Waals surface area contributed by atoms with Crippen molar-refractivity contribution in [2.24, 2.45) is 0 Å². The van der Waals surface area contributed by atoms with E-state index in [4.69, 9.17) is 26.3 Å². The Balaban J connectivity index is 2.07. The number of nitrogens with zero attached hydrogens (tertiary/aromatic N) is 1. The molecule has 0 amide bonds. The van der Waals surface area contributed by atoms with Crippen LogP contribution in [0.5, 0.6) is 11.5 Å². The van der Waals surface area contributed by atoms with E-state index in [2.05, 4.69) is 6.07 Å². The van der Waals surface area contributed by atoms with E-state index in [1.165, 1.54) is 0 Å². The molecule has 19 heavy (non-hydrogen) atoms. The third-order valence-corrected chi connectivity index (χ3v) is 2.86. The largest absolute Gasteiger partial charge is 0.495 e. The van der Waals surface area contributed by atoms with Crippen molar-refractivity contribution in [3.63, 3.8) is 0 Å². The fraction of sp³-hybridized carbons (Fsp3) is 0.133. The van der Waals surface area contributed by atoms with Crippen LogP contribution in [0.15, 0.2) is 42.5 Å². The molecule has 0 bridgehead atoms. The zero-order chi connectivity index (χ0) is 13.7. The predicted molar refractivity (Wildman–Crippen MR) is 73.5 cm³/mol. The molecule has 0 spiro atoms. The van der Waals surface area contributed by atoms with Crippen molar-refractivity contribution in [2.75, 3.05) is 7.11 Å². The fourth-order valence-corrected chi connectivity index (χ4v) is 1.74. The van der Waals surface area contributed by atoms with E-state index in [9.17, 15) is 0 Å². The van der Waals surface area contributed by atoms with Crippen LogP contribution in [0.1, 0.15) is 11.1 Å². The Bertz CT molecular complexity index is 603. The molecule has 3 nitrogen and oxygen atoms in total. The summed E-state index contributed by atoms with van der Waals surface area (Å²) in [4.78, 5) is 0. The van der Waals surface area contributed by atoms with Crippen LogP contribution in [0.25, 0.3) is 0 Å². The van der Waals surface area contributed by atoms with Crippen LogP contribution >= 0.6 is 11.6 Å². The smallest absolute Gasteiger partial charge is 0.137 e. The van der Waals surface area contributed by atoms with Crippen molar-refractivity contribution >= 4 is 11.6 Å². The van der Waals surface area contributed by atoms with Crippen molar-refractivity contribution < 1.29 is 9.47 Å². The molecule has 0 aliphatic heterocycles. The lowest BCUT2D eigenvalue weighted by molar-refractivity contribution is 0.305. The van der Waals surface area contributed by atoms with Gasteiger partial charge in [0.15, 0.2) is 0 Å². The zero-order valence-electron chi connectivity index (χ0n) is 10.4. The summed E-state index contributed by atoms with van der Waals surface area (Å²) in [6.45, 7) is 0.406. The Morgan fingerprint density at radius 3 is 2.53 bits per heavy atom. The van der Waals surface area contributed by atoms with Gasteiger partial charge in [0.05, 0.1) is 12.7 Å².